The first-order valence-electron chi connectivity index (χ1n) is 8.20. The van der Waals surface area contributed by atoms with E-state index in [1.807, 2.05) is 25.1 Å². The van der Waals surface area contributed by atoms with Crippen molar-refractivity contribution in [1.29, 1.82) is 0 Å². The normalized spacial score (nSPS) is 16.5. The van der Waals surface area contributed by atoms with Crippen LogP contribution in [0.2, 0.25) is 0 Å². The Balaban J connectivity index is 1.71. The summed E-state index contributed by atoms with van der Waals surface area (Å²) in [5, 5.41) is 3.11. The number of hydrogen-bond donors (Lipinski definition) is 1. The minimum Gasteiger partial charge on any atom is -0.496 e. The molecular weight excluding hydrogens is 286 g/mol. The molecule has 2 aromatic rings. The molecule has 0 fully saturated rings. The molecule has 3 nitrogen and oxygen atoms in total. The molecule has 0 radical (unpaired) electrons. The highest BCUT2D eigenvalue weighted by Crippen LogP contribution is 2.31. The summed E-state index contributed by atoms with van der Waals surface area (Å²) in [6, 6.07) is 14.2. The zero-order valence-electron chi connectivity index (χ0n) is 13.8. The molecule has 0 bridgehead atoms. The largest absolute Gasteiger partial charge is 0.496 e. The van der Waals surface area contributed by atoms with Gasteiger partial charge in [-0.3, -0.25) is 4.79 Å². The Hall–Kier alpha value is -2.29. The van der Waals surface area contributed by atoms with Crippen molar-refractivity contribution in [2.45, 2.75) is 32.1 Å². The molecule has 120 valence electrons. The lowest BCUT2D eigenvalue weighted by atomic mass is 9.83. The Kier molecular flexibility index (Phi) is 4.65. The number of carbonyl (C=O) groups excluding carboxylic acids is 1. The van der Waals surface area contributed by atoms with Gasteiger partial charge in [-0.15, -0.1) is 0 Å². The van der Waals surface area contributed by atoms with Crippen LogP contribution < -0.4 is 10.1 Å². The maximum absolute atomic E-state index is 12.5. The number of ether oxygens (including phenoxy) is 1. The van der Waals surface area contributed by atoms with E-state index in [1.54, 1.807) is 7.11 Å². The van der Waals surface area contributed by atoms with E-state index in [0.717, 1.165) is 24.2 Å². The lowest BCUT2D eigenvalue weighted by molar-refractivity contribution is 0.0949. The first kappa shape index (κ1) is 15.6. The highest BCUT2D eigenvalue weighted by atomic mass is 16.5. The smallest absolute Gasteiger partial charge is 0.251 e. The van der Waals surface area contributed by atoms with Gasteiger partial charge >= 0.3 is 0 Å². The molecule has 0 aliphatic heterocycles. The Morgan fingerprint density at radius 1 is 1.22 bits per heavy atom. The van der Waals surface area contributed by atoms with E-state index < -0.39 is 0 Å². The van der Waals surface area contributed by atoms with Gasteiger partial charge in [-0.1, -0.05) is 30.3 Å². The second kappa shape index (κ2) is 6.86. The van der Waals surface area contributed by atoms with Gasteiger partial charge < -0.3 is 10.1 Å². The minimum atomic E-state index is -0.0237. The summed E-state index contributed by atoms with van der Waals surface area (Å²) in [4.78, 5) is 12.5. The summed E-state index contributed by atoms with van der Waals surface area (Å²) in [7, 11) is 1.63. The van der Waals surface area contributed by atoms with E-state index in [4.69, 9.17) is 4.74 Å². The summed E-state index contributed by atoms with van der Waals surface area (Å²) in [5.41, 5.74) is 4.39. The van der Waals surface area contributed by atoms with E-state index in [9.17, 15) is 4.79 Å². The maximum Gasteiger partial charge on any atom is 0.251 e. The van der Waals surface area contributed by atoms with Gasteiger partial charge in [-0.2, -0.15) is 0 Å². The van der Waals surface area contributed by atoms with E-state index >= 15 is 0 Å². The fourth-order valence-corrected chi connectivity index (χ4v) is 3.46. The molecule has 3 rings (SSSR count). The average molecular weight is 309 g/mol. The lowest BCUT2D eigenvalue weighted by Crippen LogP contribution is -2.30. The van der Waals surface area contributed by atoms with Crippen molar-refractivity contribution in [2.24, 2.45) is 0 Å². The fraction of sp³-hybridized carbons (Fsp3) is 0.350. The van der Waals surface area contributed by atoms with Crippen molar-refractivity contribution in [1.82, 2.24) is 5.32 Å². The monoisotopic (exact) mass is 309 g/mol. The Bertz CT molecular complexity index is 709. The molecule has 0 aromatic heterocycles. The summed E-state index contributed by atoms with van der Waals surface area (Å²) >= 11 is 0. The predicted octanol–water partition coefficient (Wildman–Crippen LogP) is 3.85. The third-order valence-corrected chi connectivity index (χ3v) is 4.75. The van der Waals surface area contributed by atoms with Crippen LogP contribution in [0.4, 0.5) is 0 Å². The first-order valence-corrected chi connectivity index (χ1v) is 8.20. The third kappa shape index (κ3) is 3.24. The minimum absolute atomic E-state index is 0.0237. The summed E-state index contributed by atoms with van der Waals surface area (Å²) in [6.07, 6.45) is 3.47. The van der Waals surface area contributed by atoms with Crippen molar-refractivity contribution in [3.8, 4) is 5.75 Å². The van der Waals surface area contributed by atoms with Crippen molar-refractivity contribution < 1.29 is 9.53 Å². The van der Waals surface area contributed by atoms with Gasteiger partial charge in [-0.25, -0.2) is 0 Å². The number of benzene rings is 2. The van der Waals surface area contributed by atoms with E-state index in [1.165, 1.54) is 17.5 Å². The van der Waals surface area contributed by atoms with Crippen LogP contribution in [0.15, 0.2) is 42.5 Å². The van der Waals surface area contributed by atoms with Gasteiger partial charge in [0.2, 0.25) is 0 Å². The Morgan fingerprint density at radius 3 is 2.87 bits per heavy atom. The number of aryl methyl sites for hydroxylation is 1. The molecule has 1 atom stereocenters. The molecular formula is C20H23NO2. The number of amides is 1. The van der Waals surface area contributed by atoms with Crippen molar-refractivity contribution in [3.63, 3.8) is 0 Å². The van der Waals surface area contributed by atoms with Gasteiger partial charge in [0.05, 0.1) is 7.11 Å². The predicted molar refractivity (Wildman–Crippen MR) is 92.2 cm³/mol. The molecule has 1 aliphatic rings. The molecule has 23 heavy (non-hydrogen) atoms. The molecule has 0 saturated heterocycles. The summed E-state index contributed by atoms with van der Waals surface area (Å²) < 4.78 is 5.30. The quantitative estimate of drug-likeness (QED) is 0.931. The SMILES string of the molecule is COc1cccc(C(=O)NCC2CCCc3ccccc32)c1C. The van der Waals surface area contributed by atoms with Crippen molar-refractivity contribution in [2.75, 3.05) is 13.7 Å². The van der Waals surface area contributed by atoms with Gasteiger partial charge in [0.15, 0.2) is 0 Å². The summed E-state index contributed by atoms with van der Waals surface area (Å²) in [5.74, 6) is 1.14. The second-order valence-corrected chi connectivity index (χ2v) is 6.13. The molecule has 1 unspecified atom stereocenters. The van der Waals surface area contributed by atoms with Gasteiger partial charge in [0, 0.05) is 23.6 Å². The molecule has 3 heteroatoms. The van der Waals surface area contributed by atoms with Crippen molar-refractivity contribution in [3.05, 3.63) is 64.7 Å². The van der Waals surface area contributed by atoms with Crippen LogP contribution in [0.5, 0.6) is 5.75 Å². The lowest BCUT2D eigenvalue weighted by Gasteiger charge is -2.25. The molecule has 0 heterocycles. The highest BCUT2D eigenvalue weighted by molar-refractivity contribution is 5.96. The van der Waals surface area contributed by atoms with E-state index in [-0.39, 0.29) is 5.91 Å². The third-order valence-electron chi connectivity index (χ3n) is 4.75. The van der Waals surface area contributed by atoms with E-state index in [0.29, 0.717) is 18.0 Å². The fourth-order valence-electron chi connectivity index (χ4n) is 3.46. The van der Waals surface area contributed by atoms with Crippen LogP contribution in [-0.4, -0.2) is 19.6 Å². The number of nitrogens with one attached hydrogen (secondary N) is 1. The maximum atomic E-state index is 12.5. The van der Waals surface area contributed by atoms with Gasteiger partial charge in [-0.05, 0) is 49.4 Å². The highest BCUT2D eigenvalue weighted by Gasteiger charge is 2.21. The molecule has 1 aliphatic carbocycles. The zero-order valence-corrected chi connectivity index (χ0v) is 13.8. The molecule has 0 spiro atoms. The second-order valence-electron chi connectivity index (χ2n) is 6.13. The van der Waals surface area contributed by atoms with Crippen LogP contribution in [0.25, 0.3) is 0 Å². The zero-order chi connectivity index (χ0) is 16.2. The van der Waals surface area contributed by atoms with Gasteiger partial charge in [0.25, 0.3) is 5.91 Å². The first-order chi connectivity index (χ1) is 11.2. The number of hydrogen-bond acceptors (Lipinski definition) is 2. The van der Waals surface area contributed by atoms with E-state index in [2.05, 4.69) is 29.6 Å². The van der Waals surface area contributed by atoms with Crippen LogP contribution in [0, 0.1) is 6.92 Å². The Labute approximate surface area is 137 Å². The van der Waals surface area contributed by atoms with Gasteiger partial charge in [0.1, 0.15) is 5.75 Å². The summed E-state index contributed by atoms with van der Waals surface area (Å²) in [6.45, 7) is 2.61. The van der Waals surface area contributed by atoms with Crippen LogP contribution >= 0.6 is 0 Å². The number of carbonyl (C=O) groups is 1. The molecule has 0 saturated carbocycles. The molecule has 2 aromatic carbocycles. The molecule has 1 amide bonds. The topological polar surface area (TPSA) is 38.3 Å². The van der Waals surface area contributed by atoms with Crippen molar-refractivity contribution >= 4 is 5.91 Å². The number of rotatable bonds is 4. The standard InChI is InChI=1S/C20H23NO2/c1-14-17(11-6-12-19(14)23-2)20(22)21-13-16-9-5-8-15-7-3-4-10-18(15)16/h3-4,6-7,10-12,16H,5,8-9,13H2,1-2H3,(H,21,22). The van der Waals surface area contributed by atoms with Crippen LogP contribution in [-0.2, 0) is 6.42 Å². The number of fused-ring (bicyclic) bond motifs is 1. The number of methoxy groups -OCH3 is 1. The van der Waals surface area contributed by atoms with Crippen LogP contribution in [0.3, 0.4) is 0 Å². The van der Waals surface area contributed by atoms with Crippen LogP contribution in [0.1, 0.15) is 45.8 Å². The molecule has 1 N–H and O–H groups in total. The Morgan fingerprint density at radius 2 is 2.04 bits per heavy atom. The average Bonchev–Trinajstić information content (AvgIpc) is 2.60.